The zero-order valence-electron chi connectivity index (χ0n) is 14.6. The van der Waals surface area contributed by atoms with Crippen LogP contribution in [0.2, 0.25) is 0 Å². The highest BCUT2D eigenvalue weighted by Gasteiger charge is 2.29. The van der Waals surface area contributed by atoms with Gasteiger partial charge in [0.1, 0.15) is 5.82 Å². The molecule has 0 radical (unpaired) electrons. The molecular formula is C17H16BrN5O4S. The molecule has 0 spiro atoms. The minimum absolute atomic E-state index is 0.0211. The summed E-state index contributed by atoms with van der Waals surface area (Å²) < 4.78 is 28.3. The van der Waals surface area contributed by atoms with E-state index in [1.807, 2.05) is 17.0 Å². The Bertz CT molecular complexity index is 1250. The van der Waals surface area contributed by atoms with Crippen molar-refractivity contribution >= 4 is 42.7 Å². The summed E-state index contributed by atoms with van der Waals surface area (Å²) in [6.07, 6.45) is 1.70. The van der Waals surface area contributed by atoms with Gasteiger partial charge in [-0.1, -0.05) is 0 Å². The third-order valence-corrected chi connectivity index (χ3v) is 6.99. The number of nitrogens with one attached hydrogen (secondary N) is 2. The fourth-order valence-corrected chi connectivity index (χ4v) is 4.85. The lowest BCUT2D eigenvalue weighted by atomic mass is 10.2. The van der Waals surface area contributed by atoms with Crippen molar-refractivity contribution in [1.29, 1.82) is 0 Å². The Morgan fingerprint density at radius 3 is 2.43 bits per heavy atom. The Kier molecular flexibility index (Phi) is 4.81. The van der Waals surface area contributed by atoms with Crippen LogP contribution in [0.3, 0.4) is 0 Å². The standard InChI is InChI=1S/C17H16BrN5O4S/c18-11-1-4-15(19-10-11)22-5-7-23(8-6-22)28(26,27)12-2-3-14-13(9-12)16(24)21-17(25)20-14/h1-4,9-10H,5-8H2,(H2,20,21,24,25). The highest BCUT2D eigenvalue weighted by molar-refractivity contribution is 9.10. The molecule has 146 valence electrons. The van der Waals surface area contributed by atoms with Gasteiger partial charge >= 0.3 is 5.69 Å². The van der Waals surface area contributed by atoms with Gasteiger partial charge in [0, 0.05) is 36.8 Å². The fraction of sp³-hybridized carbons (Fsp3) is 0.235. The largest absolute Gasteiger partial charge is 0.354 e. The average molecular weight is 466 g/mol. The highest BCUT2D eigenvalue weighted by Crippen LogP contribution is 2.22. The van der Waals surface area contributed by atoms with Crippen molar-refractivity contribution in [1.82, 2.24) is 19.3 Å². The van der Waals surface area contributed by atoms with E-state index in [2.05, 4.69) is 30.9 Å². The monoisotopic (exact) mass is 465 g/mol. The lowest BCUT2D eigenvalue weighted by Crippen LogP contribution is -2.48. The van der Waals surface area contributed by atoms with Crippen LogP contribution in [-0.2, 0) is 10.0 Å². The predicted octanol–water partition coefficient (Wildman–Crippen LogP) is 0.885. The molecule has 0 amide bonds. The fourth-order valence-electron chi connectivity index (χ4n) is 3.17. The average Bonchev–Trinajstić information content (AvgIpc) is 2.68. The van der Waals surface area contributed by atoms with Crippen LogP contribution in [0.15, 0.2) is 55.5 Å². The van der Waals surface area contributed by atoms with Crippen molar-refractivity contribution in [2.75, 3.05) is 31.1 Å². The first-order chi connectivity index (χ1) is 13.3. The molecule has 0 saturated carbocycles. The molecule has 2 aromatic heterocycles. The molecule has 11 heteroatoms. The quantitative estimate of drug-likeness (QED) is 0.592. The number of halogens is 1. The molecule has 0 unspecified atom stereocenters. The summed E-state index contributed by atoms with van der Waals surface area (Å²) >= 11 is 3.34. The van der Waals surface area contributed by atoms with Gasteiger partial charge in [0.05, 0.1) is 15.8 Å². The van der Waals surface area contributed by atoms with Gasteiger partial charge in [-0.05, 0) is 46.3 Å². The van der Waals surface area contributed by atoms with E-state index >= 15 is 0 Å². The van der Waals surface area contributed by atoms with Crippen molar-refractivity contribution in [3.05, 3.63) is 61.8 Å². The lowest BCUT2D eigenvalue weighted by Gasteiger charge is -2.34. The molecule has 1 aromatic carbocycles. The lowest BCUT2D eigenvalue weighted by molar-refractivity contribution is 0.384. The van der Waals surface area contributed by atoms with Gasteiger partial charge in [-0.2, -0.15) is 4.31 Å². The number of rotatable bonds is 3. The molecule has 1 aliphatic heterocycles. The van der Waals surface area contributed by atoms with E-state index in [-0.39, 0.29) is 10.3 Å². The van der Waals surface area contributed by atoms with Gasteiger partial charge in [-0.25, -0.2) is 18.2 Å². The number of H-pyrrole nitrogens is 2. The van der Waals surface area contributed by atoms with Gasteiger partial charge in [0.25, 0.3) is 5.56 Å². The highest BCUT2D eigenvalue weighted by atomic mass is 79.9. The normalized spacial score (nSPS) is 15.8. The number of aromatic nitrogens is 3. The second-order valence-corrected chi connectivity index (χ2v) is 9.19. The molecule has 0 bridgehead atoms. The molecular weight excluding hydrogens is 450 g/mol. The number of anilines is 1. The summed E-state index contributed by atoms with van der Waals surface area (Å²) in [6, 6.07) is 7.89. The Morgan fingerprint density at radius 1 is 1.00 bits per heavy atom. The molecule has 1 fully saturated rings. The van der Waals surface area contributed by atoms with Crippen LogP contribution >= 0.6 is 15.9 Å². The summed E-state index contributed by atoms with van der Waals surface area (Å²) in [7, 11) is -3.76. The first-order valence-electron chi connectivity index (χ1n) is 8.47. The van der Waals surface area contributed by atoms with E-state index in [1.54, 1.807) is 6.20 Å². The summed E-state index contributed by atoms with van der Waals surface area (Å²) in [5.74, 6) is 0.793. The van der Waals surface area contributed by atoms with E-state index in [4.69, 9.17) is 0 Å². The number of benzene rings is 1. The van der Waals surface area contributed by atoms with E-state index in [0.29, 0.717) is 31.7 Å². The molecule has 3 aromatic rings. The smallest absolute Gasteiger partial charge is 0.326 e. The molecule has 1 aliphatic rings. The zero-order chi connectivity index (χ0) is 19.9. The van der Waals surface area contributed by atoms with Gasteiger partial charge < -0.3 is 9.88 Å². The topological polar surface area (TPSA) is 119 Å². The van der Waals surface area contributed by atoms with E-state index < -0.39 is 21.3 Å². The Balaban J connectivity index is 1.58. The van der Waals surface area contributed by atoms with Gasteiger partial charge in [0.15, 0.2) is 0 Å². The Labute approximate surface area is 168 Å². The van der Waals surface area contributed by atoms with E-state index in [9.17, 15) is 18.0 Å². The molecule has 0 aliphatic carbocycles. The van der Waals surface area contributed by atoms with E-state index in [0.717, 1.165) is 10.3 Å². The summed E-state index contributed by atoms with van der Waals surface area (Å²) in [6.45, 7) is 1.63. The van der Waals surface area contributed by atoms with Crippen molar-refractivity contribution in [3.8, 4) is 0 Å². The van der Waals surface area contributed by atoms with E-state index in [1.165, 1.54) is 22.5 Å². The number of fused-ring (bicyclic) bond motifs is 1. The zero-order valence-corrected chi connectivity index (χ0v) is 17.0. The minimum atomic E-state index is -3.76. The maximum Gasteiger partial charge on any atom is 0.326 e. The third kappa shape index (κ3) is 3.48. The van der Waals surface area contributed by atoms with Gasteiger partial charge in [-0.15, -0.1) is 0 Å². The Hall–Kier alpha value is -2.50. The number of pyridine rings is 1. The molecule has 1 saturated heterocycles. The number of piperazine rings is 1. The van der Waals surface area contributed by atoms with Gasteiger partial charge in [0.2, 0.25) is 10.0 Å². The molecule has 3 heterocycles. The van der Waals surface area contributed by atoms with Gasteiger partial charge in [-0.3, -0.25) is 9.78 Å². The van der Waals surface area contributed by atoms with Crippen LogP contribution in [0.1, 0.15) is 0 Å². The first-order valence-corrected chi connectivity index (χ1v) is 10.7. The van der Waals surface area contributed by atoms with Crippen molar-refractivity contribution in [2.45, 2.75) is 4.90 Å². The van der Waals surface area contributed by atoms with Crippen LogP contribution in [0.4, 0.5) is 5.82 Å². The van der Waals surface area contributed by atoms with Crippen molar-refractivity contribution in [3.63, 3.8) is 0 Å². The number of nitrogens with zero attached hydrogens (tertiary/aromatic N) is 3. The SMILES string of the molecule is O=c1[nH]c(=O)c2cc(S(=O)(=O)N3CCN(c4ccc(Br)cn4)CC3)ccc2[nH]1. The van der Waals surface area contributed by atoms with Crippen LogP contribution < -0.4 is 16.1 Å². The van der Waals surface area contributed by atoms with Crippen LogP contribution in [-0.4, -0.2) is 53.9 Å². The van der Waals surface area contributed by atoms with Crippen LogP contribution in [0.25, 0.3) is 10.9 Å². The molecule has 4 rings (SSSR count). The third-order valence-electron chi connectivity index (χ3n) is 4.62. The second kappa shape index (κ2) is 7.15. The number of hydrogen-bond acceptors (Lipinski definition) is 6. The maximum absolute atomic E-state index is 13.0. The van der Waals surface area contributed by atoms with Crippen LogP contribution in [0.5, 0.6) is 0 Å². The molecule has 2 N–H and O–H groups in total. The molecule has 0 atom stereocenters. The van der Waals surface area contributed by atoms with Crippen LogP contribution in [0, 0.1) is 0 Å². The maximum atomic E-state index is 13.0. The minimum Gasteiger partial charge on any atom is -0.354 e. The summed E-state index contributed by atoms with van der Waals surface area (Å²) in [5, 5.41) is 0.123. The van der Waals surface area contributed by atoms with Crippen molar-refractivity contribution in [2.24, 2.45) is 0 Å². The number of hydrogen-bond donors (Lipinski definition) is 2. The predicted molar refractivity (Wildman–Crippen MR) is 108 cm³/mol. The summed E-state index contributed by atoms with van der Waals surface area (Å²) in [5.41, 5.74) is -0.966. The molecule has 9 nitrogen and oxygen atoms in total. The number of aromatic amines is 2. The second-order valence-electron chi connectivity index (χ2n) is 6.34. The summed E-state index contributed by atoms with van der Waals surface area (Å²) in [4.78, 5) is 34.3. The van der Waals surface area contributed by atoms with Crippen molar-refractivity contribution < 1.29 is 8.42 Å². The number of sulfonamides is 1. The Morgan fingerprint density at radius 2 is 1.75 bits per heavy atom. The first kappa shape index (κ1) is 18.8. The molecule has 28 heavy (non-hydrogen) atoms.